The van der Waals surface area contributed by atoms with Crippen LogP contribution in [0.1, 0.15) is 20.3 Å². The molecule has 1 unspecified atom stereocenters. The molecule has 1 aromatic heterocycles. The SMILES string of the molecule is CCC(C)N(C)CCNc1cccc(NN)n1. The molecule has 1 atom stereocenters. The first-order valence-corrected chi connectivity index (χ1v) is 6.05. The Morgan fingerprint density at radius 2 is 2.12 bits per heavy atom. The lowest BCUT2D eigenvalue weighted by Crippen LogP contribution is -2.32. The normalized spacial score (nSPS) is 12.5. The number of hydrazine groups is 1. The van der Waals surface area contributed by atoms with E-state index in [1.54, 1.807) is 0 Å². The van der Waals surface area contributed by atoms with Crippen LogP contribution >= 0.6 is 0 Å². The molecule has 1 aromatic rings. The van der Waals surface area contributed by atoms with Gasteiger partial charge in [0.15, 0.2) is 0 Å². The van der Waals surface area contributed by atoms with Crippen molar-refractivity contribution in [2.24, 2.45) is 5.84 Å². The summed E-state index contributed by atoms with van der Waals surface area (Å²) in [6.45, 7) is 6.31. The third-order valence-corrected chi connectivity index (χ3v) is 3.01. The fraction of sp³-hybridized carbons (Fsp3) is 0.583. The fourth-order valence-corrected chi connectivity index (χ4v) is 1.51. The van der Waals surface area contributed by atoms with Gasteiger partial charge in [0.05, 0.1) is 0 Å². The summed E-state index contributed by atoms with van der Waals surface area (Å²) in [4.78, 5) is 6.62. The second-order valence-electron chi connectivity index (χ2n) is 4.22. The molecular weight excluding hydrogens is 214 g/mol. The molecule has 5 heteroatoms. The Labute approximate surface area is 103 Å². The van der Waals surface area contributed by atoms with Crippen molar-refractivity contribution in [1.29, 1.82) is 0 Å². The van der Waals surface area contributed by atoms with Gasteiger partial charge in [0.2, 0.25) is 0 Å². The summed E-state index contributed by atoms with van der Waals surface area (Å²) in [7, 11) is 2.14. The summed E-state index contributed by atoms with van der Waals surface area (Å²) in [6, 6.07) is 6.30. The lowest BCUT2D eigenvalue weighted by molar-refractivity contribution is 0.261. The van der Waals surface area contributed by atoms with E-state index in [9.17, 15) is 0 Å². The van der Waals surface area contributed by atoms with E-state index < -0.39 is 0 Å². The van der Waals surface area contributed by atoms with Crippen LogP contribution in [-0.4, -0.2) is 36.1 Å². The molecule has 0 saturated carbocycles. The molecule has 0 amide bonds. The minimum atomic E-state index is 0.613. The maximum Gasteiger partial charge on any atom is 0.142 e. The van der Waals surface area contributed by atoms with Crippen LogP contribution in [0.15, 0.2) is 18.2 Å². The number of nitrogens with one attached hydrogen (secondary N) is 2. The number of aromatic nitrogens is 1. The van der Waals surface area contributed by atoms with Crippen molar-refractivity contribution >= 4 is 11.6 Å². The molecule has 0 saturated heterocycles. The Morgan fingerprint density at radius 1 is 1.41 bits per heavy atom. The Bertz CT molecular complexity index is 328. The zero-order valence-corrected chi connectivity index (χ0v) is 10.9. The second-order valence-corrected chi connectivity index (χ2v) is 4.22. The Morgan fingerprint density at radius 3 is 2.76 bits per heavy atom. The van der Waals surface area contributed by atoms with Gasteiger partial charge < -0.3 is 15.6 Å². The van der Waals surface area contributed by atoms with Gasteiger partial charge in [-0.2, -0.15) is 0 Å². The van der Waals surface area contributed by atoms with Crippen molar-refractivity contribution in [3.63, 3.8) is 0 Å². The van der Waals surface area contributed by atoms with Crippen molar-refractivity contribution in [2.45, 2.75) is 26.3 Å². The zero-order chi connectivity index (χ0) is 12.7. The van der Waals surface area contributed by atoms with Gasteiger partial charge in [0.25, 0.3) is 0 Å². The van der Waals surface area contributed by atoms with Crippen LogP contribution in [0.4, 0.5) is 11.6 Å². The predicted molar refractivity (Wildman–Crippen MR) is 72.9 cm³/mol. The first kappa shape index (κ1) is 13.7. The second kappa shape index (κ2) is 7.09. The average Bonchev–Trinajstić information content (AvgIpc) is 2.37. The van der Waals surface area contributed by atoms with Crippen molar-refractivity contribution in [3.8, 4) is 0 Å². The summed E-state index contributed by atoms with van der Waals surface area (Å²) >= 11 is 0. The number of pyridine rings is 1. The lowest BCUT2D eigenvalue weighted by atomic mass is 10.2. The average molecular weight is 237 g/mol. The molecule has 0 aromatic carbocycles. The number of rotatable bonds is 7. The van der Waals surface area contributed by atoms with Crippen LogP contribution < -0.4 is 16.6 Å². The van der Waals surface area contributed by atoms with Gasteiger partial charge in [-0.1, -0.05) is 13.0 Å². The summed E-state index contributed by atoms with van der Waals surface area (Å²) in [6.07, 6.45) is 1.17. The molecule has 0 bridgehead atoms. The van der Waals surface area contributed by atoms with E-state index in [1.807, 2.05) is 18.2 Å². The monoisotopic (exact) mass is 237 g/mol. The molecule has 1 rings (SSSR count). The predicted octanol–water partition coefficient (Wildman–Crippen LogP) is 1.51. The molecule has 0 aliphatic rings. The van der Waals surface area contributed by atoms with E-state index in [0.29, 0.717) is 11.9 Å². The lowest BCUT2D eigenvalue weighted by Gasteiger charge is -2.23. The number of nitrogens with zero attached hydrogens (tertiary/aromatic N) is 2. The van der Waals surface area contributed by atoms with E-state index in [-0.39, 0.29) is 0 Å². The standard InChI is InChI=1S/C12H23N5/c1-4-10(2)17(3)9-8-14-11-6-5-7-12(15-11)16-13/h5-7,10H,4,8-9,13H2,1-3H3,(H2,14,15,16). The first-order valence-electron chi connectivity index (χ1n) is 6.05. The van der Waals surface area contributed by atoms with E-state index in [1.165, 1.54) is 6.42 Å². The highest BCUT2D eigenvalue weighted by molar-refractivity contribution is 5.44. The van der Waals surface area contributed by atoms with Gasteiger partial charge in [-0.3, -0.25) is 0 Å². The summed E-state index contributed by atoms with van der Waals surface area (Å²) in [5.74, 6) is 6.82. The quantitative estimate of drug-likeness (QED) is 0.495. The summed E-state index contributed by atoms with van der Waals surface area (Å²) < 4.78 is 0. The number of hydrogen-bond acceptors (Lipinski definition) is 5. The first-order chi connectivity index (χ1) is 8.17. The molecule has 5 nitrogen and oxygen atoms in total. The van der Waals surface area contributed by atoms with Crippen LogP contribution in [0.25, 0.3) is 0 Å². The van der Waals surface area contributed by atoms with E-state index >= 15 is 0 Å². The van der Waals surface area contributed by atoms with Crippen LogP contribution in [0, 0.1) is 0 Å². The van der Waals surface area contributed by atoms with E-state index in [2.05, 4.69) is 41.5 Å². The van der Waals surface area contributed by atoms with Crippen LogP contribution in [0.3, 0.4) is 0 Å². The maximum atomic E-state index is 5.30. The van der Waals surface area contributed by atoms with Gasteiger partial charge in [-0.25, -0.2) is 10.8 Å². The molecule has 0 fully saturated rings. The smallest absolute Gasteiger partial charge is 0.142 e. The Hall–Kier alpha value is -1.33. The van der Waals surface area contributed by atoms with E-state index in [0.717, 1.165) is 18.9 Å². The van der Waals surface area contributed by atoms with Crippen molar-refractivity contribution in [2.75, 3.05) is 30.9 Å². The number of nitrogen functional groups attached to an aromatic ring is 1. The molecule has 0 aliphatic heterocycles. The summed E-state index contributed by atoms with van der Waals surface area (Å²) in [5.41, 5.74) is 2.53. The van der Waals surface area contributed by atoms with Gasteiger partial charge in [-0.15, -0.1) is 0 Å². The molecule has 4 N–H and O–H groups in total. The topological polar surface area (TPSA) is 66.2 Å². The number of hydrogen-bond donors (Lipinski definition) is 3. The third-order valence-electron chi connectivity index (χ3n) is 3.01. The minimum Gasteiger partial charge on any atom is -0.369 e. The molecule has 1 heterocycles. The highest BCUT2D eigenvalue weighted by Gasteiger charge is 2.05. The van der Waals surface area contributed by atoms with Crippen molar-refractivity contribution in [3.05, 3.63) is 18.2 Å². The van der Waals surface area contributed by atoms with Crippen molar-refractivity contribution in [1.82, 2.24) is 9.88 Å². The third kappa shape index (κ3) is 4.58. The fourth-order valence-electron chi connectivity index (χ4n) is 1.51. The minimum absolute atomic E-state index is 0.613. The number of likely N-dealkylation sites (N-methyl/N-ethyl adjacent to an activating group) is 1. The number of anilines is 2. The largest absolute Gasteiger partial charge is 0.369 e. The molecule has 0 aliphatic carbocycles. The highest BCUT2D eigenvalue weighted by atomic mass is 15.3. The highest BCUT2D eigenvalue weighted by Crippen LogP contribution is 2.07. The van der Waals surface area contributed by atoms with Crippen molar-refractivity contribution < 1.29 is 0 Å². The van der Waals surface area contributed by atoms with Gasteiger partial charge >= 0.3 is 0 Å². The van der Waals surface area contributed by atoms with Gasteiger partial charge in [-0.05, 0) is 32.5 Å². The van der Waals surface area contributed by atoms with Crippen LogP contribution in [-0.2, 0) is 0 Å². The van der Waals surface area contributed by atoms with E-state index in [4.69, 9.17) is 5.84 Å². The maximum absolute atomic E-state index is 5.30. The molecule has 0 radical (unpaired) electrons. The van der Waals surface area contributed by atoms with Gasteiger partial charge in [0.1, 0.15) is 11.6 Å². The van der Waals surface area contributed by atoms with Gasteiger partial charge in [0, 0.05) is 19.1 Å². The zero-order valence-electron chi connectivity index (χ0n) is 10.9. The molecule has 17 heavy (non-hydrogen) atoms. The van der Waals surface area contributed by atoms with Crippen LogP contribution in [0.2, 0.25) is 0 Å². The molecular formula is C12H23N5. The summed E-state index contributed by atoms with van der Waals surface area (Å²) in [5, 5.41) is 3.28. The molecule has 96 valence electrons. The number of nitrogens with two attached hydrogens (primary N) is 1. The van der Waals surface area contributed by atoms with Crippen LogP contribution in [0.5, 0.6) is 0 Å². The molecule has 0 spiro atoms. The Balaban J connectivity index is 2.35. The Kier molecular flexibility index (Phi) is 5.72.